The van der Waals surface area contributed by atoms with Crippen molar-refractivity contribution in [3.8, 4) is 0 Å². The first-order valence-corrected chi connectivity index (χ1v) is 9.07. The van der Waals surface area contributed by atoms with Crippen molar-refractivity contribution in [3.63, 3.8) is 0 Å². The van der Waals surface area contributed by atoms with Crippen LogP contribution >= 0.6 is 0 Å². The van der Waals surface area contributed by atoms with Gasteiger partial charge in [0.05, 0.1) is 15.9 Å². The third-order valence-electron chi connectivity index (χ3n) is 3.80. The van der Waals surface area contributed by atoms with Crippen LogP contribution in [0.2, 0.25) is 0 Å². The molecule has 2 aromatic rings. The fourth-order valence-corrected chi connectivity index (χ4v) is 3.34. The number of imidazole rings is 1. The van der Waals surface area contributed by atoms with E-state index in [0.29, 0.717) is 24.0 Å². The molecule has 0 saturated carbocycles. The zero-order chi connectivity index (χ0) is 17.2. The van der Waals surface area contributed by atoms with E-state index in [2.05, 4.69) is 9.71 Å². The Bertz CT molecular complexity index is 880. The molecular formula is C15H21N3O4S. The second-order valence-electron chi connectivity index (χ2n) is 5.54. The SMILES string of the molecule is CCCn1c(=O)[nH]c2cc(S(=O)(=O)NC(=O)[C@@H](C)CC)ccc21. The van der Waals surface area contributed by atoms with Gasteiger partial charge in [-0.1, -0.05) is 20.8 Å². The smallest absolute Gasteiger partial charge is 0.305 e. The number of hydrogen-bond acceptors (Lipinski definition) is 4. The number of H-pyrrole nitrogens is 1. The molecule has 1 atom stereocenters. The number of fused-ring (bicyclic) bond motifs is 1. The van der Waals surface area contributed by atoms with Crippen molar-refractivity contribution in [2.45, 2.75) is 45.1 Å². The van der Waals surface area contributed by atoms with Gasteiger partial charge < -0.3 is 4.98 Å². The van der Waals surface area contributed by atoms with E-state index in [1.807, 2.05) is 13.8 Å². The first-order chi connectivity index (χ1) is 10.8. The summed E-state index contributed by atoms with van der Waals surface area (Å²) in [5.74, 6) is -0.927. The molecule has 0 aliphatic rings. The molecule has 1 heterocycles. The first-order valence-electron chi connectivity index (χ1n) is 7.59. The third kappa shape index (κ3) is 3.47. The van der Waals surface area contributed by atoms with Crippen molar-refractivity contribution in [1.29, 1.82) is 0 Å². The fraction of sp³-hybridized carbons (Fsp3) is 0.467. The molecule has 2 N–H and O–H groups in total. The van der Waals surface area contributed by atoms with E-state index in [-0.39, 0.29) is 16.5 Å². The lowest BCUT2D eigenvalue weighted by Crippen LogP contribution is -2.34. The molecule has 0 radical (unpaired) electrons. The minimum Gasteiger partial charge on any atom is -0.305 e. The summed E-state index contributed by atoms with van der Waals surface area (Å²) in [6, 6.07) is 4.34. The minimum absolute atomic E-state index is 0.0495. The van der Waals surface area contributed by atoms with E-state index in [9.17, 15) is 18.0 Å². The standard InChI is InChI=1S/C15H21N3O4S/c1-4-8-18-13-7-6-11(9-12(13)16-15(18)20)23(21,22)17-14(19)10(3)5-2/h6-7,9-10H,4-5,8H2,1-3H3,(H,16,20)(H,17,19)/t10-/m0/s1. The van der Waals surface area contributed by atoms with Gasteiger partial charge in [-0.2, -0.15) is 0 Å². The topological polar surface area (TPSA) is 101 Å². The Balaban J connectivity index is 2.40. The molecule has 8 heteroatoms. The van der Waals surface area contributed by atoms with Crippen LogP contribution in [-0.4, -0.2) is 23.9 Å². The maximum absolute atomic E-state index is 12.3. The summed E-state index contributed by atoms with van der Waals surface area (Å²) in [6.45, 7) is 5.98. The molecule has 0 fully saturated rings. The molecule has 7 nitrogen and oxygen atoms in total. The van der Waals surface area contributed by atoms with Crippen LogP contribution in [0.15, 0.2) is 27.9 Å². The number of aromatic amines is 1. The van der Waals surface area contributed by atoms with Crippen LogP contribution in [0.1, 0.15) is 33.6 Å². The molecule has 0 spiro atoms. The summed E-state index contributed by atoms with van der Waals surface area (Å²) in [5, 5.41) is 0. The molecule has 2 rings (SSSR count). The van der Waals surface area contributed by atoms with E-state index in [4.69, 9.17) is 0 Å². The van der Waals surface area contributed by atoms with Gasteiger partial charge in [0.15, 0.2) is 0 Å². The average Bonchev–Trinajstić information content (AvgIpc) is 2.81. The molecule has 0 unspecified atom stereocenters. The predicted octanol–water partition coefficient (Wildman–Crippen LogP) is 1.59. The molecule has 1 aromatic carbocycles. The number of nitrogens with zero attached hydrogens (tertiary/aromatic N) is 1. The lowest BCUT2D eigenvalue weighted by Gasteiger charge is -2.11. The maximum Gasteiger partial charge on any atom is 0.326 e. The number of carbonyl (C=O) groups excluding carboxylic acids is 1. The Morgan fingerprint density at radius 3 is 2.65 bits per heavy atom. The average molecular weight is 339 g/mol. The number of carbonyl (C=O) groups is 1. The van der Waals surface area contributed by atoms with E-state index in [0.717, 1.165) is 6.42 Å². The van der Waals surface area contributed by atoms with Crippen LogP contribution in [0.5, 0.6) is 0 Å². The van der Waals surface area contributed by atoms with Crippen LogP contribution in [0, 0.1) is 5.92 Å². The fourth-order valence-electron chi connectivity index (χ4n) is 2.23. The van der Waals surface area contributed by atoms with Gasteiger partial charge in [0.25, 0.3) is 10.0 Å². The van der Waals surface area contributed by atoms with Crippen molar-refractivity contribution in [1.82, 2.24) is 14.3 Å². The molecule has 0 bridgehead atoms. The van der Waals surface area contributed by atoms with Gasteiger partial charge in [0.1, 0.15) is 0 Å². The van der Waals surface area contributed by atoms with Gasteiger partial charge in [-0.05, 0) is 31.0 Å². The minimum atomic E-state index is -3.95. The third-order valence-corrected chi connectivity index (χ3v) is 5.14. The number of nitrogens with one attached hydrogen (secondary N) is 2. The Kier molecular flexibility index (Phi) is 4.93. The van der Waals surface area contributed by atoms with E-state index in [1.54, 1.807) is 17.6 Å². The summed E-state index contributed by atoms with van der Waals surface area (Å²) in [7, 11) is -3.95. The highest BCUT2D eigenvalue weighted by Gasteiger charge is 2.21. The van der Waals surface area contributed by atoms with Crippen molar-refractivity contribution in [2.24, 2.45) is 5.92 Å². The zero-order valence-corrected chi connectivity index (χ0v) is 14.2. The van der Waals surface area contributed by atoms with E-state index < -0.39 is 15.9 Å². The second kappa shape index (κ2) is 6.57. The highest BCUT2D eigenvalue weighted by Crippen LogP contribution is 2.17. The van der Waals surface area contributed by atoms with Crippen LogP contribution in [-0.2, 0) is 21.4 Å². The van der Waals surface area contributed by atoms with Gasteiger partial charge in [-0.3, -0.25) is 9.36 Å². The summed E-state index contributed by atoms with van der Waals surface area (Å²) >= 11 is 0. The number of hydrogen-bond donors (Lipinski definition) is 2. The van der Waals surface area contributed by atoms with Crippen molar-refractivity contribution in [3.05, 3.63) is 28.7 Å². The molecule has 1 aromatic heterocycles. The molecule has 0 aliphatic carbocycles. The highest BCUT2D eigenvalue weighted by atomic mass is 32.2. The van der Waals surface area contributed by atoms with Crippen LogP contribution in [0.4, 0.5) is 0 Å². The number of benzene rings is 1. The van der Waals surface area contributed by atoms with Gasteiger partial charge in [0, 0.05) is 12.5 Å². The Hall–Kier alpha value is -2.09. The van der Waals surface area contributed by atoms with Crippen molar-refractivity contribution in [2.75, 3.05) is 0 Å². The maximum atomic E-state index is 12.3. The van der Waals surface area contributed by atoms with Crippen molar-refractivity contribution < 1.29 is 13.2 Å². The molecule has 1 amide bonds. The molecule has 0 saturated heterocycles. The summed E-state index contributed by atoms with van der Waals surface area (Å²) < 4.78 is 28.2. The number of amides is 1. The molecule has 23 heavy (non-hydrogen) atoms. The highest BCUT2D eigenvalue weighted by molar-refractivity contribution is 7.90. The summed E-state index contributed by atoms with van der Waals surface area (Å²) in [6.07, 6.45) is 1.34. The molecule has 0 aliphatic heterocycles. The summed E-state index contributed by atoms with van der Waals surface area (Å²) in [4.78, 5) is 26.3. The largest absolute Gasteiger partial charge is 0.326 e. The quantitative estimate of drug-likeness (QED) is 0.834. The predicted molar refractivity (Wildman–Crippen MR) is 87.6 cm³/mol. The number of sulfonamides is 1. The van der Waals surface area contributed by atoms with Crippen molar-refractivity contribution >= 4 is 27.0 Å². The van der Waals surface area contributed by atoms with E-state index >= 15 is 0 Å². The molecular weight excluding hydrogens is 318 g/mol. The van der Waals surface area contributed by atoms with Crippen LogP contribution in [0.25, 0.3) is 11.0 Å². The lowest BCUT2D eigenvalue weighted by molar-refractivity contribution is -0.122. The lowest BCUT2D eigenvalue weighted by atomic mass is 10.1. The molecule has 126 valence electrons. The van der Waals surface area contributed by atoms with Gasteiger partial charge in [-0.25, -0.2) is 17.9 Å². The van der Waals surface area contributed by atoms with Crippen LogP contribution < -0.4 is 10.4 Å². The van der Waals surface area contributed by atoms with E-state index in [1.165, 1.54) is 12.1 Å². The first kappa shape index (κ1) is 17.3. The van der Waals surface area contributed by atoms with Gasteiger partial charge in [-0.15, -0.1) is 0 Å². The van der Waals surface area contributed by atoms with Gasteiger partial charge >= 0.3 is 5.69 Å². The second-order valence-corrected chi connectivity index (χ2v) is 7.22. The number of aromatic nitrogens is 2. The Labute approximate surface area is 134 Å². The number of aryl methyl sites for hydroxylation is 1. The Morgan fingerprint density at radius 2 is 2.04 bits per heavy atom. The normalized spacial score (nSPS) is 13.2. The Morgan fingerprint density at radius 1 is 1.35 bits per heavy atom. The monoisotopic (exact) mass is 339 g/mol. The van der Waals surface area contributed by atoms with Gasteiger partial charge in [0.2, 0.25) is 5.91 Å². The zero-order valence-electron chi connectivity index (χ0n) is 13.4. The summed E-state index contributed by atoms with van der Waals surface area (Å²) in [5.41, 5.74) is 0.798. The number of rotatable bonds is 6. The van der Waals surface area contributed by atoms with Crippen LogP contribution in [0.3, 0.4) is 0 Å².